The molecule has 0 aliphatic heterocycles. The molecule has 0 amide bonds. The third-order valence-electron chi connectivity index (χ3n) is 12.2. The maximum Gasteiger partial charge on any atom is 0.000131 e. The Morgan fingerprint density at radius 3 is 1.46 bits per heavy atom. The first kappa shape index (κ1) is 69.9. The number of hydrogen-bond acceptors (Lipinski definition) is 0. The molecule has 0 spiro atoms. The highest BCUT2D eigenvalue weighted by Gasteiger charge is 2.29. The summed E-state index contributed by atoms with van der Waals surface area (Å²) in [5.41, 5.74) is 4.52. The van der Waals surface area contributed by atoms with Crippen LogP contribution in [0, 0.1) is 58.7 Å². The lowest BCUT2D eigenvalue weighted by molar-refractivity contribution is 0.139. The van der Waals surface area contributed by atoms with E-state index in [4.69, 9.17) is 0 Å². The van der Waals surface area contributed by atoms with Gasteiger partial charge in [0.25, 0.3) is 0 Å². The van der Waals surface area contributed by atoms with E-state index in [9.17, 15) is 0 Å². The first-order valence-corrected chi connectivity index (χ1v) is 26.7. The van der Waals surface area contributed by atoms with Gasteiger partial charge < -0.3 is 0 Å². The third kappa shape index (κ3) is 48.1. The lowest BCUT2D eigenvalue weighted by Gasteiger charge is -2.37. The quantitative estimate of drug-likeness (QED) is 0.0850. The molecule has 0 N–H and O–H groups in total. The molecule has 0 nitrogen and oxygen atoms in total. The molecule has 0 saturated heterocycles. The van der Waals surface area contributed by atoms with Crippen LogP contribution in [0.25, 0.3) is 0 Å². The van der Waals surface area contributed by atoms with Gasteiger partial charge in [0.15, 0.2) is 0 Å². The summed E-state index contributed by atoms with van der Waals surface area (Å²) in [5.74, 6) is 7.73. The SMILES string of the molecule is C=C(C)C(CC(C)CCC(C)(C)C)C(=C)CCC(CC)CC.C=C(C)CCC(C)CC(CCCC(C)C)C1CCCCC1C.CC.CC.CC.CC.CCCCC(C)C. The van der Waals surface area contributed by atoms with Gasteiger partial charge in [-0.05, 0) is 118 Å². The van der Waals surface area contributed by atoms with Crippen LogP contribution in [-0.4, -0.2) is 0 Å². The lowest BCUT2D eigenvalue weighted by atomic mass is 9.69. The van der Waals surface area contributed by atoms with E-state index in [1.165, 1.54) is 145 Å². The van der Waals surface area contributed by atoms with Crippen LogP contribution >= 0.6 is 0 Å². The summed E-state index contributed by atoms with van der Waals surface area (Å²) in [7, 11) is 0. The molecular formula is C59H124. The van der Waals surface area contributed by atoms with Crippen LogP contribution in [0.15, 0.2) is 36.5 Å². The summed E-state index contributed by atoms with van der Waals surface area (Å²) < 4.78 is 0. The van der Waals surface area contributed by atoms with Gasteiger partial charge in [0.05, 0.1) is 0 Å². The van der Waals surface area contributed by atoms with E-state index in [0.717, 1.165) is 47.3 Å². The second kappa shape index (κ2) is 48.3. The van der Waals surface area contributed by atoms with Gasteiger partial charge in [-0.3, -0.25) is 0 Å². The summed E-state index contributed by atoms with van der Waals surface area (Å²) in [4.78, 5) is 0. The molecule has 360 valence electrons. The fourth-order valence-electron chi connectivity index (χ4n) is 8.26. The van der Waals surface area contributed by atoms with E-state index in [2.05, 4.69) is 124 Å². The summed E-state index contributed by atoms with van der Waals surface area (Å²) in [6.07, 6.45) is 27.3. The fraction of sp³-hybridized carbons (Fsp3) is 0.898. The average molecular weight is 834 g/mol. The van der Waals surface area contributed by atoms with Gasteiger partial charge in [-0.2, -0.15) is 0 Å². The Balaban J connectivity index is -0.000000179. The van der Waals surface area contributed by atoms with Gasteiger partial charge in [0.1, 0.15) is 0 Å². The van der Waals surface area contributed by atoms with Crippen LogP contribution in [0.2, 0.25) is 0 Å². The van der Waals surface area contributed by atoms with Gasteiger partial charge in [0, 0.05) is 5.92 Å². The molecule has 0 bridgehead atoms. The van der Waals surface area contributed by atoms with Gasteiger partial charge in [0.2, 0.25) is 0 Å². The Labute approximate surface area is 381 Å². The smallest absolute Gasteiger partial charge is 0.000131 e. The Hall–Kier alpha value is -0.780. The van der Waals surface area contributed by atoms with Crippen LogP contribution in [0.4, 0.5) is 0 Å². The van der Waals surface area contributed by atoms with Crippen molar-refractivity contribution in [3.05, 3.63) is 36.5 Å². The van der Waals surface area contributed by atoms with E-state index >= 15 is 0 Å². The molecule has 0 heteroatoms. The molecule has 6 atom stereocenters. The van der Waals surface area contributed by atoms with Crippen molar-refractivity contribution < 1.29 is 0 Å². The van der Waals surface area contributed by atoms with E-state index < -0.39 is 0 Å². The molecule has 0 aromatic heterocycles. The second-order valence-corrected chi connectivity index (χ2v) is 20.1. The van der Waals surface area contributed by atoms with Crippen molar-refractivity contribution in [1.29, 1.82) is 0 Å². The van der Waals surface area contributed by atoms with Gasteiger partial charge in [-0.25, -0.2) is 0 Å². The van der Waals surface area contributed by atoms with Crippen LogP contribution < -0.4 is 0 Å². The minimum absolute atomic E-state index is 0.444. The zero-order chi connectivity index (χ0) is 47.6. The summed E-state index contributed by atoms with van der Waals surface area (Å²) in [5, 5.41) is 0. The number of hydrogen-bond donors (Lipinski definition) is 0. The zero-order valence-electron chi connectivity index (χ0n) is 46.5. The Morgan fingerprint density at radius 2 is 1.07 bits per heavy atom. The van der Waals surface area contributed by atoms with E-state index in [1.54, 1.807) is 0 Å². The van der Waals surface area contributed by atoms with Crippen molar-refractivity contribution in [1.82, 2.24) is 0 Å². The van der Waals surface area contributed by atoms with Crippen LogP contribution in [0.3, 0.4) is 0 Å². The predicted octanol–water partition coefficient (Wildman–Crippen LogP) is 22.4. The van der Waals surface area contributed by atoms with Crippen molar-refractivity contribution in [2.75, 3.05) is 0 Å². The van der Waals surface area contributed by atoms with E-state index in [1.807, 2.05) is 55.4 Å². The summed E-state index contributed by atoms with van der Waals surface area (Å²) in [6, 6.07) is 0. The van der Waals surface area contributed by atoms with Crippen LogP contribution in [0.1, 0.15) is 288 Å². The molecule has 1 rings (SSSR count). The topological polar surface area (TPSA) is 0 Å². The highest BCUT2D eigenvalue weighted by Crippen LogP contribution is 2.41. The number of allylic oxidation sites excluding steroid dienone is 3. The average Bonchev–Trinajstić information content (AvgIpc) is 3.20. The Kier molecular flexibility index (Phi) is 57.2. The zero-order valence-corrected chi connectivity index (χ0v) is 46.5. The molecule has 0 aromatic rings. The van der Waals surface area contributed by atoms with E-state index in [0.29, 0.717) is 11.3 Å². The Bertz CT molecular complexity index is 844. The molecule has 1 fully saturated rings. The van der Waals surface area contributed by atoms with Gasteiger partial charge in [-0.15, -0.1) is 6.58 Å². The number of unbranched alkanes of at least 4 members (excludes halogenated alkanes) is 1. The first-order chi connectivity index (χ1) is 27.8. The minimum atomic E-state index is 0.444. The van der Waals surface area contributed by atoms with Gasteiger partial charge in [-0.1, -0.05) is 252 Å². The standard InChI is InChI=1S/2C22H42.C7H16.4C2H6/c1-17(2)10-9-12-21(16-19(5)15-14-18(3)4)22-13-8-7-11-20(22)6;1-10-20(11-2)13-12-19(6)21(17(3)4)16-18(5)14-15-22(7,8)9;1-4-5-6-7(2)3;4*1-2/h17,19-22H,3,7-16H2,1-2,4-6H3;18,20-21H,3,6,10-16H2,1-2,4-5,7-9H3;7H,4-6H2,1-3H3;4*1-2H3. The fourth-order valence-corrected chi connectivity index (χ4v) is 8.26. The van der Waals surface area contributed by atoms with Crippen molar-refractivity contribution >= 4 is 0 Å². The molecule has 0 heterocycles. The first-order valence-electron chi connectivity index (χ1n) is 26.7. The van der Waals surface area contributed by atoms with Crippen molar-refractivity contribution in [3.8, 4) is 0 Å². The molecular weight excluding hydrogens is 709 g/mol. The highest BCUT2D eigenvalue weighted by atomic mass is 14.3. The maximum atomic E-state index is 4.42. The molecule has 0 aromatic carbocycles. The summed E-state index contributed by atoms with van der Waals surface area (Å²) in [6.45, 7) is 63.7. The van der Waals surface area contributed by atoms with Crippen molar-refractivity contribution in [2.45, 2.75) is 288 Å². The van der Waals surface area contributed by atoms with Crippen molar-refractivity contribution in [2.24, 2.45) is 58.7 Å². The monoisotopic (exact) mass is 833 g/mol. The summed E-state index contributed by atoms with van der Waals surface area (Å²) >= 11 is 0. The molecule has 0 radical (unpaired) electrons. The van der Waals surface area contributed by atoms with Crippen molar-refractivity contribution in [3.63, 3.8) is 0 Å². The molecule has 59 heavy (non-hydrogen) atoms. The highest BCUT2D eigenvalue weighted by molar-refractivity contribution is 5.15. The van der Waals surface area contributed by atoms with Crippen LogP contribution in [-0.2, 0) is 0 Å². The van der Waals surface area contributed by atoms with E-state index in [-0.39, 0.29) is 0 Å². The second-order valence-electron chi connectivity index (χ2n) is 20.1. The molecule has 6 unspecified atom stereocenters. The Morgan fingerprint density at radius 1 is 0.593 bits per heavy atom. The number of rotatable bonds is 24. The third-order valence-corrected chi connectivity index (χ3v) is 12.2. The normalized spacial score (nSPS) is 16.6. The molecule has 1 aliphatic rings. The van der Waals surface area contributed by atoms with Gasteiger partial charge >= 0.3 is 0 Å². The lowest BCUT2D eigenvalue weighted by Crippen LogP contribution is -2.26. The largest absolute Gasteiger partial charge is 0.100 e. The molecule has 1 aliphatic carbocycles. The predicted molar refractivity (Wildman–Crippen MR) is 284 cm³/mol. The molecule has 1 saturated carbocycles. The maximum absolute atomic E-state index is 4.42. The minimum Gasteiger partial charge on any atom is -0.100 e. The van der Waals surface area contributed by atoms with Crippen LogP contribution in [0.5, 0.6) is 0 Å².